The number of carbonyl (C=O) groups is 3. The van der Waals surface area contributed by atoms with Crippen molar-refractivity contribution in [3.05, 3.63) is 28.8 Å². The van der Waals surface area contributed by atoms with Crippen LogP contribution in [0.25, 0.3) is 0 Å². The summed E-state index contributed by atoms with van der Waals surface area (Å²) in [7, 11) is 4.25. The van der Waals surface area contributed by atoms with Gasteiger partial charge in [0.05, 0.1) is 23.4 Å². The molecule has 2 rings (SSSR count). The number of anilines is 1. The number of benzene rings is 1. The fraction of sp³-hybridized carbons (Fsp3) is 0.308. The summed E-state index contributed by atoms with van der Waals surface area (Å²) in [5.74, 6) is -0.594. The summed E-state index contributed by atoms with van der Waals surface area (Å²) in [6.07, 6.45) is 0. The minimum Gasteiger partial charge on any atom is -0.465 e. The molecule has 1 aliphatic rings. The number of esters is 1. The van der Waals surface area contributed by atoms with Crippen molar-refractivity contribution in [1.82, 2.24) is 9.80 Å². The van der Waals surface area contributed by atoms with Gasteiger partial charge in [-0.05, 0) is 18.2 Å². The van der Waals surface area contributed by atoms with Crippen LogP contribution in [-0.4, -0.2) is 54.5 Å². The number of amides is 4. The maximum atomic E-state index is 12.4. The van der Waals surface area contributed by atoms with Crippen LogP contribution in [0.2, 0.25) is 5.02 Å². The first-order chi connectivity index (χ1) is 10.3. The Morgan fingerprint density at radius 3 is 2.27 bits per heavy atom. The molecule has 0 aliphatic carbocycles. The van der Waals surface area contributed by atoms with Gasteiger partial charge in [0.25, 0.3) is 0 Å². The zero-order valence-electron chi connectivity index (χ0n) is 12.1. The van der Waals surface area contributed by atoms with Crippen molar-refractivity contribution in [1.29, 1.82) is 0 Å². The maximum Gasteiger partial charge on any atom is 0.337 e. The van der Waals surface area contributed by atoms with E-state index in [9.17, 15) is 14.4 Å². The van der Waals surface area contributed by atoms with Crippen LogP contribution >= 0.6 is 24.2 Å². The predicted octanol–water partition coefficient (Wildman–Crippen LogP) is 2.26. The smallest absolute Gasteiger partial charge is 0.337 e. The van der Waals surface area contributed by atoms with E-state index in [4.69, 9.17) is 11.6 Å². The van der Waals surface area contributed by atoms with Crippen molar-refractivity contribution in [2.75, 3.05) is 26.1 Å². The third-order valence-corrected chi connectivity index (χ3v) is 4.30. The molecule has 0 bridgehead atoms. The van der Waals surface area contributed by atoms with Crippen LogP contribution in [-0.2, 0) is 4.74 Å². The fourth-order valence-corrected chi connectivity index (χ4v) is 2.39. The minimum atomic E-state index is -0.682. The highest BCUT2D eigenvalue weighted by Gasteiger charge is 2.40. The molecule has 1 fully saturated rings. The molecule has 0 aromatic heterocycles. The Morgan fingerprint density at radius 1 is 1.23 bits per heavy atom. The van der Waals surface area contributed by atoms with Crippen LogP contribution in [0.3, 0.4) is 0 Å². The molecule has 0 spiro atoms. The summed E-state index contributed by atoms with van der Waals surface area (Å²) < 4.78 is 4.63. The van der Waals surface area contributed by atoms with Gasteiger partial charge in [-0.25, -0.2) is 19.3 Å². The number of rotatable bonds is 2. The van der Waals surface area contributed by atoms with Crippen LogP contribution in [0.5, 0.6) is 0 Å². The standard InChI is InChI=1S/C13H14ClN3O4S/c1-15-11(19)17(12(20)16(2)13(15)22)9-6-7(10(18)21-3)4-5-8(9)14/h4-6,13,22H,1-3H3. The summed E-state index contributed by atoms with van der Waals surface area (Å²) in [6, 6.07) is 3.03. The van der Waals surface area contributed by atoms with E-state index in [1.165, 1.54) is 49.2 Å². The molecule has 0 radical (unpaired) electrons. The molecule has 0 N–H and O–H groups in total. The fourth-order valence-electron chi connectivity index (χ4n) is 1.99. The molecule has 9 heteroatoms. The molecule has 1 heterocycles. The number of halogens is 1. The van der Waals surface area contributed by atoms with Crippen LogP contribution in [0.1, 0.15) is 10.4 Å². The van der Waals surface area contributed by atoms with E-state index < -0.39 is 23.5 Å². The first-order valence-electron chi connectivity index (χ1n) is 6.19. The number of nitrogens with zero attached hydrogens (tertiary/aromatic N) is 3. The molecule has 0 saturated carbocycles. The van der Waals surface area contributed by atoms with Gasteiger partial charge in [-0.3, -0.25) is 9.80 Å². The van der Waals surface area contributed by atoms with Gasteiger partial charge in [-0.2, -0.15) is 0 Å². The lowest BCUT2D eigenvalue weighted by atomic mass is 10.2. The van der Waals surface area contributed by atoms with E-state index in [1.807, 2.05) is 0 Å². The predicted molar refractivity (Wildman–Crippen MR) is 84.4 cm³/mol. The number of thiol groups is 1. The van der Waals surface area contributed by atoms with E-state index in [0.29, 0.717) is 0 Å². The molecule has 0 unspecified atom stereocenters. The SMILES string of the molecule is COC(=O)c1ccc(Cl)c(N2C(=O)N(C)C(S)N(C)C2=O)c1. The summed E-state index contributed by atoms with van der Waals surface area (Å²) >= 11 is 10.3. The molecular weight excluding hydrogens is 330 g/mol. The van der Waals surface area contributed by atoms with Crippen LogP contribution < -0.4 is 4.90 Å². The van der Waals surface area contributed by atoms with Crippen LogP contribution in [0, 0.1) is 0 Å². The average Bonchev–Trinajstić information content (AvgIpc) is 2.52. The minimum absolute atomic E-state index is 0.110. The number of ether oxygens (including phenoxy) is 1. The van der Waals surface area contributed by atoms with Gasteiger partial charge in [0.2, 0.25) is 0 Å². The molecular formula is C13H14ClN3O4S. The monoisotopic (exact) mass is 343 g/mol. The Morgan fingerprint density at radius 2 is 1.77 bits per heavy atom. The van der Waals surface area contributed by atoms with Crippen LogP contribution in [0.15, 0.2) is 18.2 Å². The van der Waals surface area contributed by atoms with E-state index in [1.54, 1.807) is 0 Å². The van der Waals surface area contributed by atoms with Crippen molar-refractivity contribution in [2.24, 2.45) is 0 Å². The quantitative estimate of drug-likeness (QED) is 0.660. The first kappa shape index (κ1) is 16.4. The number of hydrogen-bond donors (Lipinski definition) is 1. The highest BCUT2D eigenvalue weighted by Crippen LogP contribution is 2.32. The third kappa shape index (κ3) is 2.59. The summed E-state index contributed by atoms with van der Waals surface area (Å²) in [4.78, 5) is 39.8. The second-order valence-corrected chi connectivity index (χ2v) is 5.50. The number of imide groups is 1. The Hall–Kier alpha value is -1.93. The van der Waals surface area contributed by atoms with Crippen molar-refractivity contribution < 1.29 is 19.1 Å². The van der Waals surface area contributed by atoms with Gasteiger partial charge < -0.3 is 4.74 Å². The lowest BCUT2D eigenvalue weighted by Gasteiger charge is -2.42. The molecule has 0 atom stereocenters. The molecule has 1 aliphatic heterocycles. The highest BCUT2D eigenvalue weighted by atomic mass is 35.5. The highest BCUT2D eigenvalue weighted by molar-refractivity contribution is 7.80. The Balaban J connectivity index is 2.52. The van der Waals surface area contributed by atoms with E-state index >= 15 is 0 Å². The van der Waals surface area contributed by atoms with E-state index in [2.05, 4.69) is 17.4 Å². The maximum absolute atomic E-state index is 12.4. The van der Waals surface area contributed by atoms with Crippen LogP contribution in [0.4, 0.5) is 15.3 Å². The summed E-state index contributed by atoms with van der Waals surface area (Å²) in [5.41, 5.74) is -0.391. The zero-order chi connectivity index (χ0) is 16.6. The molecule has 1 aromatic carbocycles. The molecule has 118 valence electrons. The number of urea groups is 2. The van der Waals surface area contributed by atoms with Gasteiger partial charge >= 0.3 is 18.0 Å². The van der Waals surface area contributed by atoms with Gasteiger partial charge in [-0.1, -0.05) is 11.6 Å². The average molecular weight is 344 g/mol. The lowest BCUT2D eigenvalue weighted by molar-refractivity contribution is 0.0600. The first-order valence-corrected chi connectivity index (χ1v) is 7.08. The van der Waals surface area contributed by atoms with Crippen molar-refractivity contribution in [3.8, 4) is 0 Å². The molecule has 7 nitrogen and oxygen atoms in total. The second kappa shape index (κ2) is 6.05. The summed E-state index contributed by atoms with van der Waals surface area (Å²) in [6.45, 7) is 0. The van der Waals surface area contributed by atoms with Crippen molar-refractivity contribution in [2.45, 2.75) is 5.50 Å². The van der Waals surface area contributed by atoms with Gasteiger partial charge in [-0.15, -0.1) is 12.6 Å². The molecule has 4 amide bonds. The molecule has 22 heavy (non-hydrogen) atoms. The lowest BCUT2D eigenvalue weighted by Crippen LogP contribution is -2.62. The number of carbonyl (C=O) groups excluding carboxylic acids is 3. The topological polar surface area (TPSA) is 70.2 Å². The Labute approximate surface area is 137 Å². The molecule has 1 saturated heterocycles. The Bertz CT molecular complexity index is 632. The number of hydrogen-bond acceptors (Lipinski definition) is 5. The van der Waals surface area contributed by atoms with Gasteiger partial charge in [0.15, 0.2) is 5.50 Å². The normalized spacial score (nSPS) is 16.3. The second-order valence-electron chi connectivity index (χ2n) is 4.63. The van der Waals surface area contributed by atoms with Gasteiger partial charge in [0, 0.05) is 14.1 Å². The number of methoxy groups -OCH3 is 1. The van der Waals surface area contributed by atoms with E-state index in [-0.39, 0.29) is 16.3 Å². The largest absolute Gasteiger partial charge is 0.465 e. The Kier molecular flexibility index (Phi) is 4.52. The molecule has 1 aromatic rings. The van der Waals surface area contributed by atoms with Crippen molar-refractivity contribution in [3.63, 3.8) is 0 Å². The van der Waals surface area contributed by atoms with Crippen molar-refractivity contribution >= 4 is 47.9 Å². The van der Waals surface area contributed by atoms with Gasteiger partial charge in [0.1, 0.15) is 0 Å². The summed E-state index contributed by atoms with van der Waals surface area (Å²) in [5, 5.41) is 0.161. The zero-order valence-corrected chi connectivity index (χ0v) is 13.8. The third-order valence-electron chi connectivity index (χ3n) is 3.29. The van der Waals surface area contributed by atoms with E-state index in [0.717, 1.165) is 4.90 Å².